The lowest BCUT2D eigenvalue weighted by molar-refractivity contribution is 0.121. The molecule has 1 aromatic heterocycles. The number of hydrogen-bond donors (Lipinski definition) is 1. The van der Waals surface area contributed by atoms with E-state index in [1.165, 1.54) is 6.42 Å². The van der Waals surface area contributed by atoms with E-state index in [1.807, 2.05) is 0 Å². The highest BCUT2D eigenvalue weighted by Crippen LogP contribution is 2.32. The molecule has 1 saturated heterocycles. The Hall–Kier alpha value is -1.14. The molecule has 0 unspecified atom stereocenters. The predicted octanol–water partition coefficient (Wildman–Crippen LogP) is 0.330. The van der Waals surface area contributed by atoms with Crippen molar-refractivity contribution < 1.29 is 9.26 Å². The first-order valence-corrected chi connectivity index (χ1v) is 6.19. The molecule has 2 N–H and O–H groups in total. The maximum Gasteiger partial charge on any atom is 0.266 e. The highest BCUT2D eigenvalue weighted by Gasteiger charge is 2.34. The smallest absolute Gasteiger partial charge is 0.266 e. The van der Waals surface area contributed by atoms with E-state index in [4.69, 9.17) is 15.0 Å². The summed E-state index contributed by atoms with van der Waals surface area (Å²) in [6.07, 6.45) is 4.02. The number of rotatable bonds is 3. The molecule has 0 radical (unpaired) electrons. The number of aromatic nitrogens is 2. The molecule has 2 heterocycles. The zero-order chi connectivity index (χ0) is 11.7. The lowest BCUT2D eigenvalue weighted by atomic mass is 9.75. The molecule has 0 spiro atoms. The Labute approximate surface area is 100 Å². The Morgan fingerprint density at radius 3 is 2.71 bits per heavy atom. The third kappa shape index (κ3) is 2.28. The van der Waals surface area contributed by atoms with Crippen LogP contribution in [0.1, 0.15) is 25.2 Å². The van der Waals surface area contributed by atoms with E-state index in [0.717, 1.165) is 39.1 Å². The summed E-state index contributed by atoms with van der Waals surface area (Å²) in [5.74, 6) is 1.33. The van der Waals surface area contributed by atoms with Crippen molar-refractivity contribution in [1.82, 2.24) is 10.1 Å². The molecule has 3 rings (SSSR count). The van der Waals surface area contributed by atoms with Crippen LogP contribution in [0.25, 0.3) is 0 Å². The molecule has 1 aromatic rings. The normalized spacial score (nSPS) is 23.5. The number of hydrogen-bond acceptors (Lipinski definition) is 6. The second-order valence-corrected chi connectivity index (χ2v) is 4.98. The maximum atomic E-state index is 6.16. The van der Waals surface area contributed by atoms with Crippen molar-refractivity contribution in [3.63, 3.8) is 0 Å². The van der Waals surface area contributed by atoms with E-state index in [9.17, 15) is 0 Å². The summed E-state index contributed by atoms with van der Waals surface area (Å²) >= 11 is 0. The van der Waals surface area contributed by atoms with Gasteiger partial charge in [-0.15, -0.1) is 0 Å². The minimum Gasteiger partial charge on any atom is -0.378 e. The molecule has 2 fully saturated rings. The molecule has 2 aliphatic rings. The fourth-order valence-corrected chi connectivity index (χ4v) is 2.32. The summed E-state index contributed by atoms with van der Waals surface area (Å²) in [6.45, 7) is 3.11. The minimum atomic E-state index is -0.102. The zero-order valence-electron chi connectivity index (χ0n) is 9.89. The van der Waals surface area contributed by atoms with Crippen molar-refractivity contribution in [2.24, 2.45) is 5.73 Å². The standard InChI is InChI=1S/C11H18N4O2/c12-11(2-1-3-11)8-9-13-10(14-17-9)15-4-6-16-7-5-15/h1-8,12H2. The van der Waals surface area contributed by atoms with Crippen molar-refractivity contribution in [2.45, 2.75) is 31.2 Å². The Morgan fingerprint density at radius 2 is 2.06 bits per heavy atom. The van der Waals surface area contributed by atoms with Gasteiger partial charge in [-0.3, -0.25) is 0 Å². The van der Waals surface area contributed by atoms with Gasteiger partial charge < -0.3 is 19.9 Å². The fraction of sp³-hybridized carbons (Fsp3) is 0.818. The van der Waals surface area contributed by atoms with Gasteiger partial charge in [0.1, 0.15) is 0 Å². The number of anilines is 1. The minimum absolute atomic E-state index is 0.102. The van der Waals surface area contributed by atoms with Crippen LogP contribution in [0.4, 0.5) is 5.95 Å². The van der Waals surface area contributed by atoms with Crippen molar-refractivity contribution in [1.29, 1.82) is 0 Å². The van der Waals surface area contributed by atoms with Gasteiger partial charge in [-0.05, 0) is 24.4 Å². The van der Waals surface area contributed by atoms with E-state index < -0.39 is 0 Å². The van der Waals surface area contributed by atoms with E-state index in [1.54, 1.807) is 0 Å². The predicted molar refractivity (Wildman–Crippen MR) is 61.8 cm³/mol. The molecule has 6 nitrogen and oxygen atoms in total. The molecule has 0 atom stereocenters. The van der Waals surface area contributed by atoms with Crippen molar-refractivity contribution in [2.75, 3.05) is 31.2 Å². The van der Waals surface area contributed by atoms with Crippen LogP contribution < -0.4 is 10.6 Å². The van der Waals surface area contributed by atoms with Crippen LogP contribution in [-0.4, -0.2) is 42.0 Å². The van der Waals surface area contributed by atoms with Gasteiger partial charge in [0.2, 0.25) is 5.89 Å². The first kappa shape index (κ1) is 11.0. The summed E-state index contributed by atoms with van der Waals surface area (Å²) in [6, 6.07) is 0. The monoisotopic (exact) mass is 238 g/mol. The maximum absolute atomic E-state index is 6.16. The number of morpholine rings is 1. The summed E-state index contributed by atoms with van der Waals surface area (Å²) in [4.78, 5) is 6.50. The quantitative estimate of drug-likeness (QED) is 0.817. The van der Waals surface area contributed by atoms with Crippen LogP contribution in [0.3, 0.4) is 0 Å². The van der Waals surface area contributed by atoms with Crippen molar-refractivity contribution >= 4 is 5.95 Å². The van der Waals surface area contributed by atoms with Gasteiger partial charge in [-0.1, -0.05) is 0 Å². The molecular formula is C11H18N4O2. The van der Waals surface area contributed by atoms with Crippen LogP contribution in [0.5, 0.6) is 0 Å². The van der Waals surface area contributed by atoms with Crippen LogP contribution in [-0.2, 0) is 11.2 Å². The van der Waals surface area contributed by atoms with Crippen molar-refractivity contribution in [3.05, 3.63) is 5.89 Å². The van der Waals surface area contributed by atoms with E-state index in [-0.39, 0.29) is 5.54 Å². The molecular weight excluding hydrogens is 220 g/mol. The van der Waals surface area contributed by atoms with E-state index >= 15 is 0 Å². The number of nitrogens with zero attached hydrogens (tertiary/aromatic N) is 3. The van der Waals surface area contributed by atoms with Crippen molar-refractivity contribution in [3.8, 4) is 0 Å². The second-order valence-electron chi connectivity index (χ2n) is 4.98. The second kappa shape index (κ2) is 4.27. The highest BCUT2D eigenvalue weighted by molar-refractivity contribution is 5.28. The summed E-state index contributed by atoms with van der Waals surface area (Å²) in [5.41, 5.74) is 6.06. The molecule has 17 heavy (non-hydrogen) atoms. The van der Waals surface area contributed by atoms with Crippen LogP contribution >= 0.6 is 0 Å². The fourth-order valence-electron chi connectivity index (χ4n) is 2.32. The first-order chi connectivity index (χ1) is 8.25. The largest absolute Gasteiger partial charge is 0.378 e. The molecule has 1 aliphatic heterocycles. The first-order valence-electron chi connectivity index (χ1n) is 6.19. The molecule has 0 aromatic carbocycles. The molecule has 0 amide bonds. The average Bonchev–Trinajstić information content (AvgIpc) is 2.77. The Kier molecular flexibility index (Phi) is 2.76. The van der Waals surface area contributed by atoms with E-state index in [2.05, 4.69) is 15.0 Å². The molecule has 1 saturated carbocycles. The molecule has 0 bridgehead atoms. The molecule has 94 valence electrons. The van der Waals surface area contributed by atoms with E-state index in [0.29, 0.717) is 18.3 Å². The lowest BCUT2D eigenvalue weighted by Crippen LogP contribution is -2.48. The number of nitrogens with two attached hydrogens (primary N) is 1. The lowest BCUT2D eigenvalue weighted by Gasteiger charge is -2.36. The third-order valence-corrected chi connectivity index (χ3v) is 3.60. The summed E-state index contributed by atoms with van der Waals surface area (Å²) < 4.78 is 10.6. The van der Waals surface area contributed by atoms with Gasteiger partial charge in [0, 0.05) is 25.0 Å². The van der Waals surface area contributed by atoms with Gasteiger partial charge in [0.05, 0.1) is 13.2 Å². The van der Waals surface area contributed by atoms with Gasteiger partial charge in [-0.25, -0.2) is 0 Å². The summed E-state index contributed by atoms with van der Waals surface area (Å²) in [5, 5.41) is 4.01. The highest BCUT2D eigenvalue weighted by atomic mass is 16.5. The van der Waals surface area contributed by atoms with Crippen LogP contribution in [0, 0.1) is 0 Å². The van der Waals surface area contributed by atoms with Gasteiger partial charge in [-0.2, -0.15) is 4.98 Å². The van der Waals surface area contributed by atoms with Crippen LogP contribution in [0.2, 0.25) is 0 Å². The third-order valence-electron chi connectivity index (χ3n) is 3.60. The van der Waals surface area contributed by atoms with Gasteiger partial charge in [0.25, 0.3) is 5.95 Å². The average molecular weight is 238 g/mol. The topological polar surface area (TPSA) is 77.4 Å². The molecule has 6 heteroatoms. The Morgan fingerprint density at radius 1 is 1.29 bits per heavy atom. The van der Waals surface area contributed by atoms with Crippen LogP contribution in [0.15, 0.2) is 4.52 Å². The SMILES string of the molecule is NC1(Cc2nc(N3CCOCC3)no2)CCC1. The number of ether oxygens (including phenoxy) is 1. The Balaban J connectivity index is 1.65. The zero-order valence-corrected chi connectivity index (χ0v) is 9.89. The summed E-state index contributed by atoms with van der Waals surface area (Å²) in [7, 11) is 0. The molecule has 1 aliphatic carbocycles. The Bertz CT molecular complexity index is 383. The van der Waals surface area contributed by atoms with Gasteiger partial charge >= 0.3 is 0 Å². The van der Waals surface area contributed by atoms with Gasteiger partial charge in [0.15, 0.2) is 0 Å².